The van der Waals surface area contributed by atoms with Gasteiger partial charge in [-0.3, -0.25) is 9.59 Å². The lowest BCUT2D eigenvalue weighted by molar-refractivity contribution is -0.126. The SMILES string of the molecule is CC#CCNC(=O)COCCOC(C)SSCCNC(=O)C(C)C. The van der Waals surface area contributed by atoms with Crippen molar-refractivity contribution in [1.29, 1.82) is 0 Å². The van der Waals surface area contributed by atoms with Crippen LogP contribution in [0.4, 0.5) is 0 Å². The van der Waals surface area contributed by atoms with Crippen molar-refractivity contribution in [1.82, 2.24) is 10.6 Å². The third kappa shape index (κ3) is 14.7. The fraction of sp³-hybridized carbons (Fsp3) is 0.750. The maximum Gasteiger partial charge on any atom is 0.246 e. The second-order valence-electron chi connectivity index (χ2n) is 5.06. The molecule has 0 saturated carbocycles. The van der Waals surface area contributed by atoms with Gasteiger partial charge in [0.15, 0.2) is 0 Å². The summed E-state index contributed by atoms with van der Waals surface area (Å²) < 4.78 is 10.8. The molecule has 0 rings (SSSR count). The van der Waals surface area contributed by atoms with Crippen LogP contribution in [-0.4, -0.2) is 55.9 Å². The van der Waals surface area contributed by atoms with Crippen LogP contribution in [0, 0.1) is 17.8 Å². The molecule has 2 amide bonds. The third-order valence-corrected chi connectivity index (χ3v) is 5.21. The standard InChI is InChI=1S/C16H28N2O4S2/c1-5-6-7-17-15(19)12-21-9-10-22-14(4)24-23-11-8-18-16(20)13(2)3/h13-14H,7-12H2,1-4H3,(H,17,19)(H,18,20). The van der Waals surface area contributed by atoms with Crippen LogP contribution in [-0.2, 0) is 19.1 Å². The Hall–Kier alpha value is -0.880. The van der Waals surface area contributed by atoms with Crippen LogP contribution in [0.15, 0.2) is 0 Å². The van der Waals surface area contributed by atoms with Crippen LogP contribution in [0.3, 0.4) is 0 Å². The van der Waals surface area contributed by atoms with Gasteiger partial charge in [-0.1, -0.05) is 41.4 Å². The predicted octanol–water partition coefficient (Wildman–Crippen LogP) is 1.66. The Kier molecular flexibility index (Phi) is 15.1. The van der Waals surface area contributed by atoms with Crippen LogP contribution < -0.4 is 10.6 Å². The number of carbonyl (C=O) groups excluding carboxylic acids is 2. The van der Waals surface area contributed by atoms with Gasteiger partial charge in [0.25, 0.3) is 0 Å². The molecule has 2 N–H and O–H groups in total. The molecule has 0 saturated heterocycles. The summed E-state index contributed by atoms with van der Waals surface area (Å²) in [6.45, 7) is 9.24. The van der Waals surface area contributed by atoms with E-state index in [1.165, 1.54) is 0 Å². The Morgan fingerprint density at radius 3 is 2.58 bits per heavy atom. The first-order chi connectivity index (χ1) is 11.5. The van der Waals surface area contributed by atoms with Gasteiger partial charge in [-0.2, -0.15) is 0 Å². The number of ether oxygens (including phenoxy) is 2. The van der Waals surface area contributed by atoms with Crippen LogP contribution in [0.2, 0.25) is 0 Å². The largest absolute Gasteiger partial charge is 0.369 e. The maximum atomic E-state index is 11.4. The van der Waals surface area contributed by atoms with E-state index in [-0.39, 0.29) is 29.8 Å². The topological polar surface area (TPSA) is 76.7 Å². The van der Waals surface area contributed by atoms with Gasteiger partial charge in [-0.15, -0.1) is 5.92 Å². The molecule has 0 aliphatic heterocycles. The van der Waals surface area contributed by atoms with Crippen molar-refractivity contribution in [2.75, 3.05) is 38.7 Å². The molecule has 1 atom stereocenters. The second-order valence-corrected chi connectivity index (χ2v) is 7.84. The minimum Gasteiger partial charge on any atom is -0.369 e. The van der Waals surface area contributed by atoms with Crippen molar-refractivity contribution in [2.45, 2.75) is 33.1 Å². The first-order valence-electron chi connectivity index (χ1n) is 7.89. The zero-order valence-corrected chi connectivity index (χ0v) is 16.5. The quantitative estimate of drug-likeness (QED) is 0.220. The van der Waals surface area contributed by atoms with Gasteiger partial charge in [0.1, 0.15) is 12.0 Å². The van der Waals surface area contributed by atoms with E-state index in [4.69, 9.17) is 9.47 Å². The summed E-state index contributed by atoms with van der Waals surface area (Å²) in [6.07, 6.45) is 0. The summed E-state index contributed by atoms with van der Waals surface area (Å²) in [5.41, 5.74) is 0.0213. The molecular weight excluding hydrogens is 348 g/mol. The lowest BCUT2D eigenvalue weighted by atomic mass is 10.2. The molecule has 0 spiro atoms. The molecule has 0 aromatic carbocycles. The van der Waals surface area contributed by atoms with E-state index in [2.05, 4.69) is 22.5 Å². The van der Waals surface area contributed by atoms with Crippen molar-refractivity contribution >= 4 is 33.4 Å². The fourth-order valence-electron chi connectivity index (χ4n) is 1.31. The van der Waals surface area contributed by atoms with E-state index in [1.807, 2.05) is 20.8 Å². The van der Waals surface area contributed by atoms with Crippen molar-refractivity contribution in [3.05, 3.63) is 0 Å². The van der Waals surface area contributed by atoms with Gasteiger partial charge < -0.3 is 20.1 Å². The molecule has 0 fully saturated rings. The van der Waals surface area contributed by atoms with Crippen LogP contribution in [0.1, 0.15) is 27.7 Å². The first kappa shape index (κ1) is 23.1. The average Bonchev–Trinajstić information content (AvgIpc) is 2.54. The highest BCUT2D eigenvalue weighted by atomic mass is 33.1. The van der Waals surface area contributed by atoms with Crippen molar-refractivity contribution in [2.24, 2.45) is 5.92 Å². The molecule has 0 radical (unpaired) electrons. The number of nitrogens with one attached hydrogen (secondary N) is 2. The molecule has 0 aliphatic rings. The summed E-state index contributed by atoms with van der Waals surface area (Å²) in [5, 5.41) is 5.49. The molecule has 0 aromatic rings. The first-order valence-corrected chi connectivity index (χ1v) is 10.3. The van der Waals surface area contributed by atoms with E-state index >= 15 is 0 Å². The lowest BCUT2D eigenvalue weighted by Crippen LogP contribution is -2.29. The van der Waals surface area contributed by atoms with Crippen LogP contribution >= 0.6 is 21.6 Å². The highest BCUT2D eigenvalue weighted by Crippen LogP contribution is 2.26. The van der Waals surface area contributed by atoms with E-state index in [0.29, 0.717) is 26.3 Å². The van der Waals surface area contributed by atoms with Gasteiger partial charge in [-0.05, 0) is 13.8 Å². The van der Waals surface area contributed by atoms with Crippen LogP contribution in [0.25, 0.3) is 0 Å². The Morgan fingerprint density at radius 1 is 1.17 bits per heavy atom. The molecule has 0 heterocycles. The van der Waals surface area contributed by atoms with Gasteiger partial charge in [-0.25, -0.2) is 0 Å². The summed E-state index contributed by atoms with van der Waals surface area (Å²) in [6, 6.07) is 0. The Bertz CT molecular complexity index is 422. The number of carbonyl (C=O) groups is 2. The predicted molar refractivity (Wildman–Crippen MR) is 101 cm³/mol. The van der Waals surface area contributed by atoms with Crippen molar-refractivity contribution < 1.29 is 19.1 Å². The smallest absolute Gasteiger partial charge is 0.246 e. The van der Waals surface area contributed by atoms with E-state index < -0.39 is 0 Å². The minimum absolute atomic E-state index is 0.0145. The lowest BCUT2D eigenvalue weighted by Gasteiger charge is -2.12. The highest BCUT2D eigenvalue weighted by Gasteiger charge is 2.07. The molecule has 24 heavy (non-hydrogen) atoms. The van der Waals surface area contributed by atoms with E-state index in [0.717, 1.165) is 5.75 Å². The Morgan fingerprint density at radius 2 is 1.92 bits per heavy atom. The maximum absolute atomic E-state index is 11.4. The Labute approximate surface area is 153 Å². The van der Waals surface area contributed by atoms with Gasteiger partial charge in [0, 0.05) is 18.2 Å². The number of hydrogen-bond donors (Lipinski definition) is 2. The Balaban J connectivity index is 3.43. The molecule has 138 valence electrons. The highest BCUT2D eigenvalue weighted by molar-refractivity contribution is 8.76. The summed E-state index contributed by atoms with van der Waals surface area (Å²) >= 11 is 0. The normalized spacial score (nSPS) is 11.5. The van der Waals surface area contributed by atoms with Gasteiger partial charge >= 0.3 is 0 Å². The molecule has 0 bridgehead atoms. The molecule has 0 aromatic heterocycles. The van der Waals surface area contributed by atoms with E-state index in [9.17, 15) is 9.59 Å². The van der Waals surface area contributed by atoms with Crippen LogP contribution in [0.5, 0.6) is 0 Å². The van der Waals surface area contributed by atoms with Crippen molar-refractivity contribution in [3.8, 4) is 11.8 Å². The minimum atomic E-state index is -0.181. The van der Waals surface area contributed by atoms with E-state index in [1.54, 1.807) is 28.5 Å². The summed E-state index contributed by atoms with van der Waals surface area (Å²) in [7, 11) is 3.26. The van der Waals surface area contributed by atoms with Gasteiger partial charge in [0.2, 0.25) is 11.8 Å². The zero-order chi connectivity index (χ0) is 18.2. The molecule has 0 aliphatic carbocycles. The number of rotatable bonds is 13. The fourth-order valence-corrected chi connectivity index (χ4v) is 3.22. The number of amides is 2. The second kappa shape index (κ2) is 15.6. The molecule has 8 heteroatoms. The zero-order valence-electron chi connectivity index (χ0n) is 14.8. The molecule has 6 nitrogen and oxygen atoms in total. The molecular formula is C16H28N2O4S2. The summed E-state index contributed by atoms with van der Waals surface area (Å²) in [5.74, 6) is 6.18. The third-order valence-electron chi connectivity index (χ3n) is 2.58. The van der Waals surface area contributed by atoms with Crippen molar-refractivity contribution in [3.63, 3.8) is 0 Å². The van der Waals surface area contributed by atoms with Gasteiger partial charge in [0.05, 0.1) is 19.8 Å². The molecule has 1 unspecified atom stereocenters. The number of hydrogen-bond acceptors (Lipinski definition) is 6. The summed E-state index contributed by atoms with van der Waals surface area (Å²) in [4.78, 5) is 22.7. The monoisotopic (exact) mass is 376 g/mol. The average molecular weight is 377 g/mol.